The van der Waals surface area contributed by atoms with Crippen LogP contribution >= 0.6 is 11.3 Å². The fraction of sp³-hybridized carbons (Fsp3) is 0.588. The highest BCUT2D eigenvalue weighted by Gasteiger charge is 2.40. The molecule has 0 spiro atoms. The predicted octanol–water partition coefficient (Wildman–Crippen LogP) is 4.22. The van der Waals surface area contributed by atoms with Gasteiger partial charge in [-0.2, -0.15) is 13.2 Å². The second-order valence-electron chi connectivity index (χ2n) is 6.10. The van der Waals surface area contributed by atoms with Crippen LogP contribution in [0.15, 0.2) is 0 Å². The van der Waals surface area contributed by atoms with Gasteiger partial charge in [0.15, 0.2) is 0 Å². The number of hydrogen-bond acceptors (Lipinski definition) is 6. The van der Waals surface area contributed by atoms with E-state index < -0.39 is 24.0 Å². The first-order valence-electron chi connectivity index (χ1n) is 8.54. The first kappa shape index (κ1) is 21.2. The summed E-state index contributed by atoms with van der Waals surface area (Å²) < 4.78 is 48.0. The third-order valence-electron chi connectivity index (χ3n) is 4.12. The van der Waals surface area contributed by atoms with Gasteiger partial charge in [-0.15, -0.1) is 11.3 Å². The van der Waals surface area contributed by atoms with Crippen LogP contribution in [0.25, 0.3) is 0 Å². The molecule has 150 valence electrons. The van der Waals surface area contributed by atoms with E-state index in [1.54, 1.807) is 5.32 Å². The fourth-order valence-electron chi connectivity index (χ4n) is 2.81. The zero-order chi connectivity index (χ0) is 20.2. The summed E-state index contributed by atoms with van der Waals surface area (Å²) in [5, 5.41) is 1.27. The number of halogens is 3. The van der Waals surface area contributed by atoms with Crippen molar-refractivity contribution in [2.24, 2.45) is 0 Å². The summed E-state index contributed by atoms with van der Waals surface area (Å²) in [6, 6.07) is 0. The molecule has 0 radical (unpaired) electrons. The molecule has 0 unspecified atom stereocenters. The zero-order valence-corrected chi connectivity index (χ0v) is 15.7. The standard InChI is InChI=1S/C17H20F3NO5S/c1-3-25-14(22)11-9(2)12(15(23)26-10-7-5-4-6-8-10)27-13(11)21-16(24)17(18,19)20/h10H,3-8H2,1-2H3,(H,21,24). The first-order chi connectivity index (χ1) is 12.6. The number of anilines is 1. The molecule has 1 aromatic heterocycles. The second kappa shape index (κ2) is 8.73. The van der Waals surface area contributed by atoms with Gasteiger partial charge in [-0.1, -0.05) is 6.42 Å². The minimum atomic E-state index is -5.13. The number of nitrogens with one attached hydrogen (secondary N) is 1. The second-order valence-corrected chi connectivity index (χ2v) is 7.12. The van der Waals surface area contributed by atoms with Crippen LogP contribution in [0.4, 0.5) is 18.2 Å². The van der Waals surface area contributed by atoms with Crippen LogP contribution in [-0.4, -0.2) is 36.7 Å². The molecule has 0 aromatic carbocycles. The number of esters is 2. The van der Waals surface area contributed by atoms with E-state index in [0.717, 1.165) is 32.1 Å². The SMILES string of the molecule is CCOC(=O)c1c(NC(=O)C(F)(F)F)sc(C(=O)OC2CCCCC2)c1C. The highest BCUT2D eigenvalue weighted by atomic mass is 32.1. The summed E-state index contributed by atoms with van der Waals surface area (Å²) in [5.41, 5.74) is -0.147. The monoisotopic (exact) mass is 407 g/mol. The normalized spacial score (nSPS) is 15.3. The van der Waals surface area contributed by atoms with Crippen molar-refractivity contribution in [3.05, 3.63) is 16.0 Å². The van der Waals surface area contributed by atoms with Crippen LogP contribution in [0.5, 0.6) is 0 Å². The number of alkyl halides is 3. The largest absolute Gasteiger partial charge is 0.471 e. The molecule has 27 heavy (non-hydrogen) atoms. The van der Waals surface area contributed by atoms with Gasteiger partial charge in [0.2, 0.25) is 0 Å². The Morgan fingerprint density at radius 3 is 2.33 bits per heavy atom. The molecule has 10 heteroatoms. The van der Waals surface area contributed by atoms with Crippen LogP contribution < -0.4 is 5.32 Å². The molecule has 0 aliphatic heterocycles. The molecule has 1 aliphatic rings. The third kappa shape index (κ3) is 5.21. The lowest BCUT2D eigenvalue weighted by atomic mass is 9.98. The van der Waals surface area contributed by atoms with Crippen LogP contribution in [0.2, 0.25) is 0 Å². The van der Waals surface area contributed by atoms with E-state index in [-0.39, 0.29) is 33.7 Å². The van der Waals surface area contributed by atoms with E-state index in [1.165, 1.54) is 13.8 Å². The molecule has 0 saturated heterocycles. The van der Waals surface area contributed by atoms with Gasteiger partial charge in [-0.05, 0) is 45.1 Å². The number of carbonyl (C=O) groups excluding carboxylic acids is 3. The van der Waals surface area contributed by atoms with Gasteiger partial charge in [0.25, 0.3) is 0 Å². The highest BCUT2D eigenvalue weighted by Crippen LogP contribution is 2.36. The van der Waals surface area contributed by atoms with Gasteiger partial charge in [0.05, 0.1) is 12.2 Å². The molecule has 1 fully saturated rings. The fourth-order valence-corrected chi connectivity index (χ4v) is 3.88. The molecule has 6 nitrogen and oxygen atoms in total. The van der Waals surface area contributed by atoms with Crippen LogP contribution in [0.3, 0.4) is 0 Å². The number of thiophene rings is 1. The molecule has 1 aromatic rings. The molecular formula is C17H20F3NO5S. The lowest BCUT2D eigenvalue weighted by Gasteiger charge is -2.21. The Hall–Kier alpha value is -2.10. The van der Waals surface area contributed by atoms with Gasteiger partial charge in [-0.25, -0.2) is 9.59 Å². The van der Waals surface area contributed by atoms with Gasteiger partial charge in [0.1, 0.15) is 16.0 Å². The molecule has 1 aliphatic carbocycles. The van der Waals surface area contributed by atoms with E-state index in [2.05, 4.69) is 0 Å². The molecule has 0 atom stereocenters. The summed E-state index contributed by atoms with van der Waals surface area (Å²) in [6.45, 7) is 2.93. The van der Waals surface area contributed by atoms with Crippen molar-refractivity contribution < 1.29 is 37.0 Å². The smallest absolute Gasteiger partial charge is 0.462 e. The van der Waals surface area contributed by atoms with Gasteiger partial charge >= 0.3 is 24.0 Å². The molecule has 1 amide bonds. The maximum Gasteiger partial charge on any atom is 0.471 e. The van der Waals surface area contributed by atoms with Crippen molar-refractivity contribution in [3.63, 3.8) is 0 Å². The van der Waals surface area contributed by atoms with E-state index in [0.29, 0.717) is 11.3 Å². The Morgan fingerprint density at radius 2 is 1.78 bits per heavy atom. The average Bonchev–Trinajstić information content (AvgIpc) is 2.91. The Labute approximate surface area is 158 Å². The van der Waals surface area contributed by atoms with Crippen molar-refractivity contribution in [2.75, 3.05) is 11.9 Å². The zero-order valence-electron chi connectivity index (χ0n) is 14.9. The van der Waals surface area contributed by atoms with Crippen LogP contribution in [-0.2, 0) is 14.3 Å². The number of rotatable bonds is 5. The maximum atomic E-state index is 12.6. The number of ether oxygens (including phenoxy) is 2. The highest BCUT2D eigenvalue weighted by molar-refractivity contribution is 7.18. The summed E-state index contributed by atoms with van der Waals surface area (Å²) >= 11 is 0.574. The predicted molar refractivity (Wildman–Crippen MR) is 92.0 cm³/mol. The number of amides is 1. The van der Waals surface area contributed by atoms with Crippen LogP contribution in [0, 0.1) is 6.92 Å². The van der Waals surface area contributed by atoms with E-state index in [1.807, 2.05) is 0 Å². The summed E-state index contributed by atoms with van der Waals surface area (Å²) in [5.74, 6) is -3.87. The van der Waals surface area contributed by atoms with Gasteiger partial charge < -0.3 is 14.8 Å². The molecular weight excluding hydrogens is 387 g/mol. The minimum Gasteiger partial charge on any atom is -0.462 e. The lowest BCUT2D eigenvalue weighted by Crippen LogP contribution is -2.30. The quantitative estimate of drug-likeness (QED) is 0.739. The Bertz CT molecular complexity index is 723. The molecule has 1 N–H and O–H groups in total. The van der Waals surface area contributed by atoms with Crippen molar-refractivity contribution in [2.45, 2.75) is 58.2 Å². The first-order valence-corrected chi connectivity index (χ1v) is 9.36. The van der Waals surface area contributed by atoms with E-state index in [4.69, 9.17) is 9.47 Å². The number of hydrogen-bond donors (Lipinski definition) is 1. The average molecular weight is 407 g/mol. The summed E-state index contributed by atoms with van der Waals surface area (Å²) in [6.07, 6.45) is -1.02. The van der Waals surface area contributed by atoms with Crippen molar-refractivity contribution in [1.29, 1.82) is 0 Å². The summed E-state index contributed by atoms with van der Waals surface area (Å²) in [4.78, 5) is 35.9. The lowest BCUT2D eigenvalue weighted by molar-refractivity contribution is -0.167. The molecule has 1 heterocycles. The molecule has 1 saturated carbocycles. The van der Waals surface area contributed by atoms with Gasteiger partial charge in [0, 0.05) is 0 Å². The Balaban J connectivity index is 2.31. The number of carbonyl (C=O) groups is 3. The van der Waals surface area contributed by atoms with Crippen molar-refractivity contribution >= 4 is 34.2 Å². The maximum absolute atomic E-state index is 12.6. The van der Waals surface area contributed by atoms with Crippen molar-refractivity contribution in [1.82, 2.24) is 0 Å². The van der Waals surface area contributed by atoms with Gasteiger partial charge in [-0.3, -0.25) is 4.79 Å². The Kier molecular flexibility index (Phi) is 6.85. The molecule has 2 rings (SSSR count). The van der Waals surface area contributed by atoms with Crippen molar-refractivity contribution in [3.8, 4) is 0 Å². The summed E-state index contributed by atoms with van der Waals surface area (Å²) in [7, 11) is 0. The molecule has 0 bridgehead atoms. The Morgan fingerprint density at radius 1 is 1.15 bits per heavy atom. The van der Waals surface area contributed by atoms with E-state index in [9.17, 15) is 27.6 Å². The third-order valence-corrected chi connectivity index (χ3v) is 5.31. The van der Waals surface area contributed by atoms with Crippen LogP contribution in [0.1, 0.15) is 64.6 Å². The van der Waals surface area contributed by atoms with E-state index >= 15 is 0 Å². The topological polar surface area (TPSA) is 81.7 Å². The minimum absolute atomic E-state index is 0.0113.